The van der Waals surface area contributed by atoms with Gasteiger partial charge in [0.25, 0.3) is 5.91 Å². The molecule has 0 bridgehead atoms. The van der Waals surface area contributed by atoms with E-state index in [-0.39, 0.29) is 13.2 Å². The lowest BCUT2D eigenvalue weighted by molar-refractivity contribution is -0.134. The minimum absolute atomic E-state index is 0. The quantitative estimate of drug-likeness (QED) is 0.910. The Kier molecular flexibility index (Phi) is 4.22. The number of aromatic nitrogens is 3. The molecule has 7 heteroatoms. The first kappa shape index (κ1) is 16.8. The summed E-state index contributed by atoms with van der Waals surface area (Å²) in [6, 6.07) is 8.87. The van der Waals surface area contributed by atoms with Crippen LogP contribution in [0.15, 0.2) is 36.7 Å². The molecular formula is C19H25N5O2. The van der Waals surface area contributed by atoms with Gasteiger partial charge in [0.05, 0.1) is 5.69 Å². The minimum atomic E-state index is -0.584. The second-order valence-corrected chi connectivity index (χ2v) is 7.37. The van der Waals surface area contributed by atoms with E-state index in [1.807, 2.05) is 35.2 Å². The predicted octanol–water partition coefficient (Wildman–Crippen LogP) is 2.03. The van der Waals surface area contributed by atoms with Crippen LogP contribution in [0.3, 0.4) is 0 Å². The van der Waals surface area contributed by atoms with Crippen molar-refractivity contribution in [3.63, 3.8) is 0 Å². The molecule has 0 radical (unpaired) electrons. The molecule has 1 aromatic heterocycles. The van der Waals surface area contributed by atoms with Crippen LogP contribution >= 0.6 is 0 Å². The normalized spacial score (nSPS) is 19.2. The Bertz CT molecular complexity index is 809. The molecule has 1 saturated heterocycles. The topological polar surface area (TPSA) is 80.1 Å². The lowest BCUT2D eigenvalue weighted by Gasteiger charge is -2.33. The van der Waals surface area contributed by atoms with Crippen molar-refractivity contribution in [3.05, 3.63) is 42.5 Å². The number of nitrogens with zero attached hydrogens (tertiary/aromatic N) is 4. The molecule has 1 N–H and O–H groups in total. The molecule has 7 nitrogen and oxygen atoms in total. The van der Waals surface area contributed by atoms with Crippen LogP contribution in [0, 0.1) is 5.41 Å². The second-order valence-electron chi connectivity index (χ2n) is 7.37. The molecule has 1 aliphatic carbocycles. The number of hydrogen-bond donors (Lipinski definition) is 1. The van der Waals surface area contributed by atoms with Crippen LogP contribution in [0.2, 0.25) is 0 Å². The molecule has 0 unspecified atom stereocenters. The van der Waals surface area contributed by atoms with E-state index in [2.05, 4.69) is 15.4 Å². The molecule has 1 aliphatic heterocycles. The number of nitrogens with one attached hydrogen (secondary N) is 1. The summed E-state index contributed by atoms with van der Waals surface area (Å²) in [6.45, 7) is 3.30. The van der Waals surface area contributed by atoms with E-state index in [0.717, 1.165) is 31.6 Å². The summed E-state index contributed by atoms with van der Waals surface area (Å²) in [4.78, 5) is 30.9. The fraction of sp³-hybridized carbons (Fsp3) is 0.474. The first-order chi connectivity index (χ1) is 12.6. The third kappa shape index (κ3) is 3.34. The highest BCUT2D eigenvalue weighted by Crippen LogP contribution is 2.53. The highest BCUT2D eigenvalue weighted by molar-refractivity contribution is 5.94. The molecule has 1 aromatic carbocycles. The maximum absolute atomic E-state index is 12.6. The highest BCUT2D eigenvalue weighted by Gasteiger charge is 2.45. The van der Waals surface area contributed by atoms with Gasteiger partial charge in [-0.1, -0.05) is 18.2 Å². The van der Waals surface area contributed by atoms with E-state index in [9.17, 15) is 9.59 Å². The molecule has 138 valence electrons. The van der Waals surface area contributed by atoms with E-state index < -0.39 is 11.9 Å². The zero-order valence-corrected chi connectivity index (χ0v) is 14.9. The van der Waals surface area contributed by atoms with Gasteiger partial charge in [-0.15, -0.1) is 5.10 Å². The van der Waals surface area contributed by atoms with Crippen molar-refractivity contribution in [2.75, 3.05) is 13.1 Å². The van der Waals surface area contributed by atoms with Gasteiger partial charge in [0.2, 0.25) is 11.7 Å². The molecule has 2 aliphatic rings. The average molecular weight is 355 g/mol. The largest absolute Gasteiger partial charge is 0.341 e. The second kappa shape index (κ2) is 6.55. The smallest absolute Gasteiger partial charge is 0.291 e. The molecule has 1 saturated carbocycles. The summed E-state index contributed by atoms with van der Waals surface area (Å²) in [5, 5.41) is 6.93. The van der Waals surface area contributed by atoms with E-state index in [1.165, 1.54) is 19.2 Å². The third-order valence-corrected chi connectivity index (χ3v) is 5.53. The van der Waals surface area contributed by atoms with Crippen molar-refractivity contribution < 1.29 is 11.0 Å². The summed E-state index contributed by atoms with van der Waals surface area (Å²) >= 11 is 0. The fourth-order valence-electron chi connectivity index (χ4n) is 3.55. The van der Waals surface area contributed by atoms with Crippen LogP contribution in [-0.2, 0) is 4.79 Å². The first-order valence-corrected chi connectivity index (χ1v) is 9.13. The average Bonchev–Trinajstić information content (AvgIpc) is 3.23. The van der Waals surface area contributed by atoms with Gasteiger partial charge >= 0.3 is 0 Å². The number of rotatable bonds is 4. The lowest BCUT2D eigenvalue weighted by atomic mass is 9.93. The number of para-hydroxylation sites is 1. The Hall–Kier alpha value is -2.70. The van der Waals surface area contributed by atoms with Crippen LogP contribution in [0.25, 0.3) is 5.69 Å². The van der Waals surface area contributed by atoms with Crippen molar-refractivity contribution in [1.29, 1.82) is 0 Å². The van der Waals surface area contributed by atoms with E-state index in [0.29, 0.717) is 5.41 Å². The van der Waals surface area contributed by atoms with Crippen molar-refractivity contribution in [1.82, 2.24) is 25.0 Å². The molecule has 4 rings (SSSR count). The number of hydrogen-bond acceptors (Lipinski definition) is 4. The number of carbonyl (C=O) groups excluding carboxylic acids is 2. The fourth-order valence-corrected chi connectivity index (χ4v) is 3.55. The standard InChI is InChI=1S/C19H23N5O2.H2/c1-14(18(26)23-11-9-19(7-8-19)10-12-23)21-17(25)16-20-13-24(22-16)15-5-3-2-4-6-15;/h2-6,13-14H,7-12H2,1H3,(H,21,25);1H/t14-;/m0./s1. The van der Waals surface area contributed by atoms with Crippen LogP contribution in [0.5, 0.6) is 0 Å². The van der Waals surface area contributed by atoms with Crippen LogP contribution < -0.4 is 5.32 Å². The molecule has 2 heterocycles. The van der Waals surface area contributed by atoms with Gasteiger partial charge in [-0.25, -0.2) is 9.67 Å². The Morgan fingerprint density at radius 2 is 1.85 bits per heavy atom. The molecular weight excluding hydrogens is 330 g/mol. The Morgan fingerprint density at radius 3 is 2.50 bits per heavy atom. The SMILES string of the molecule is C[C@H](NC(=O)c1ncn(-c2ccccc2)n1)C(=O)N1CCC2(CC1)CC2.[HH]. The summed E-state index contributed by atoms with van der Waals surface area (Å²) in [5.74, 6) is -0.406. The molecule has 2 aromatic rings. The minimum Gasteiger partial charge on any atom is -0.341 e. The Balaban J connectivity index is 0.00000210. The number of amides is 2. The maximum Gasteiger partial charge on any atom is 0.291 e. The number of piperidine rings is 1. The van der Waals surface area contributed by atoms with Crippen molar-refractivity contribution in [2.24, 2.45) is 5.41 Å². The van der Waals surface area contributed by atoms with Crippen LogP contribution in [0.1, 0.15) is 44.7 Å². The summed E-state index contributed by atoms with van der Waals surface area (Å²) in [7, 11) is 0. The number of likely N-dealkylation sites (tertiary alicyclic amines) is 1. The van der Waals surface area contributed by atoms with Crippen molar-refractivity contribution >= 4 is 11.8 Å². The monoisotopic (exact) mass is 355 g/mol. The van der Waals surface area contributed by atoms with Crippen LogP contribution in [-0.4, -0.2) is 50.6 Å². The molecule has 1 spiro atoms. The van der Waals surface area contributed by atoms with Gasteiger partial charge in [0, 0.05) is 14.5 Å². The summed E-state index contributed by atoms with van der Waals surface area (Å²) in [5.41, 5.74) is 1.35. The van der Waals surface area contributed by atoms with Gasteiger partial charge in [-0.05, 0) is 50.2 Å². The molecule has 26 heavy (non-hydrogen) atoms. The zero-order valence-electron chi connectivity index (χ0n) is 14.9. The lowest BCUT2D eigenvalue weighted by Crippen LogP contribution is -2.49. The van der Waals surface area contributed by atoms with E-state index >= 15 is 0 Å². The van der Waals surface area contributed by atoms with Gasteiger partial charge in [0.15, 0.2) is 0 Å². The van der Waals surface area contributed by atoms with E-state index in [4.69, 9.17) is 0 Å². The first-order valence-electron chi connectivity index (χ1n) is 9.13. The van der Waals surface area contributed by atoms with E-state index in [1.54, 1.807) is 11.6 Å². The highest BCUT2D eigenvalue weighted by atomic mass is 16.2. The van der Waals surface area contributed by atoms with Crippen molar-refractivity contribution in [2.45, 2.75) is 38.6 Å². The maximum atomic E-state index is 12.6. The van der Waals surface area contributed by atoms with Gasteiger partial charge < -0.3 is 10.2 Å². The number of benzene rings is 1. The predicted molar refractivity (Wildman–Crippen MR) is 97.9 cm³/mol. The summed E-state index contributed by atoms with van der Waals surface area (Å²) in [6.07, 6.45) is 6.27. The Morgan fingerprint density at radius 1 is 1.15 bits per heavy atom. The molecule has 1 atom stereocenters. The van der Waals surface area contributed by atoms with Crippen LogP contribution in [0.4, 0.5) is 0 Å². The van der Waals surface area contributed by atoms with Crippen molar-refractivity contribution in [3.8, 4) is 5.69 Å². The molecule has 2 amide bonds. The summed E-state index contributed by atoms with van der Waals surface area (Å²) < 4.78 is 1.54. The molecule has 2 fully saturated rings. The zero-order chi connectivity index (χ0) is 18.1. The number of carbonyl (C=O) groups is 2. The van der Waals surface area contributed by atoms with Gasteiger partial charge in [-0.2, -0.15) is 0 Å². The van der Waals surface area contributed by atoms with Gasteiger partial charge in [-0.3, -0.25) is 9.59 Å². The van der Waals surface area contributed by atoms with Gasteiger partial charge in [0.1, 0.15) is 12.4 Å². The third-order valence-electron chi connectivity index (χ3n) is 5.53. The Labute approximate surface area is 153 Å².